The van der Waals surface area contributed by atoms with Crippen LogP contribution in [-0.4, -0.2) is 344 Å². The first-order valence-corrected chi connectivity index (χ1v) is 56.9. The average Bonchev–Trinajstić information content (AvgIpc) is 0.918. The Labute approximate surface area is 917 Å². The van der Waals surface area contributed by atoms with Gasteiger partial charge in [0.25, 0.3) is 0 Å². The lowest BCUT2D eigenvalue weighted by atomic mass is 9.89. The molecule has 0 saturated heterocycles. The second-order valence-corrected chi connectivity index (χ2v) is 42.7. The van der Waals surface area contributed by atoms with Crippen LogP contribution in [0.5, 0.6) is 0 Å². The lowest BCUT2D eigenvalue weighted by molar-refractivity contribution is -0.130. The van der Waals surface area contributed by atoms with Gasteiger partial charge in [0.1, 0.15) is 0 Å². The lowest BCUT2D eigenvalue weighted by Gasteiger charge is -2.31. The van der Waals surface area contributed by atoms with Gasteiger partial charge in [-0.3, -0.25) is 53.2 Å². The Hall–Kier alpha value is -6.26. The van der Waals surface area contributed by atoms with E-state index in [0.29, 0.717) is 43.6 Å². The normalized spacial score (nSPS) is 13.3. The summed E-state index contributed by atoms with van der Waals surface area (Å²) in [6.45, 7) is 85.0. The molecule has 0 aliphatic heterocycles. The standard InChI is InChI=1S/C11H24N2O.2C10H22N2O.C10H23NO4.C10H21NO.C9H20N2O.2C9H19NO.C8H17NO.C7H17NO2.C6H15N3.C5H13N3.C5H13N.C4H11N/c1-6-11(2,3)10(14)12-8-7-9-13(4)5;1-6-10(2,3)9(13)11-7-8-12(4)5;1-5-9(2)10(13)11-7-6-8-12(3)4;1-3-8(2)11(4-9(14)6-12)5-10(15)7-13;1-5-7-8-11-9(12)10(3,4)6-2;1-5-8(2)9(12)10-6-7-11(3)4;1-5-7-10-8(11)9(3,4)6-2;1-4-6-7-10-9(11)8(3)5-2;1-4-6-9-8(10)7(3)5-2;1-3-6(2)8-4-7(10)5-9;1-3-5(2)4-9-6(7)8;1-3-4(2)8-5(6)7;1-3-5(2)4-6;1-3-4(2)5/h6-9H2,1-5H3,(H,12,14);6-8H2,1-5H3,(H,11,13);9H,5-8H2,1-4H3,(H,11,13);8-10,12-15H,3-7H2,1-2H3;5-8H2,1-4H3,(H,11,12);8H,5-7H2,1-4H3,(H,10,12);5-7H2,1-4H3,(H,10,11);8H,4-7H2,1-3H3,(H,10,11);7H,4-6H2,1-3H3,(H,9,10);6-10H,3-5H2,1-2H3;5H,3-4H2,1-2H3,(H4,7,8,9);4H,3H2,1-2H3,(H4,6,7,8);5H,3-4,6H2,1-2H3;4H,3,5H2,1-2H3. The highest BCUT2D eigenvalue weighted by Gasteiger charge is 2.28. The van der Waals surface area contributed by atoms with Gasteiger partial charge in [-0.15, -0.1) is 0 Å². The predicted molar refractivity (Wildman–Crippen MR) is 639 cm³/mol. The van der Waals surface area contributed by atoms with Gasteiger partial charge in [-0.05, 0) is 231 Å². The summed E-state index contributed by atoms with van der Waals surface area (Å²) >= 11 is 0. The predicted octanol–water partition coefficient (Wildman–Crippen LogP) is 12.8. The highest BCUT2D eigenvalue weighted by atomic mass is 16.3. The van der Waals surface area contributed by atoms with E-state index in [1.54, 1.807) is 0 Å². The zero-order chi connectivity index (χ0) is 120. The number of rotatable bonds is 61. The molecule has 149 heavy (non-hydrogen) atoms. The number of guanidine groups is 2. The Balaban J connectivity index is -0.000000110. The monoisotopic (exact) mass is 2150 g/mol. The summed E-state index contributed by atoms with van der Waals surface area (Å²) in [5.74, 6) is 3.71. The van der Waals surface area contributed by atoms with Gasteiger partial charge in [-0.1, -0.05) is 247 Å². The number of unbranched alkanes of at least 4 members (excludes halogenated alkanes) is 2. The maximum atomic E-state index is 11.6. The van der Waals surface area contributed by atoms with Crippen molar-refractivity contribution in [2.75, 3.05) is 187 Å². The number of aliphatic hydroxyl groups excluding tert-OH is 6. The molecule has 27 N–H and O–H groups in total. The third-order valence-corrected chi connectivity index (χ3v) is 24.9. The van der Waals surface area contributed by atoms with E-state index in [1.807, 2.05) is 241 Å². The summed E-state index contributed by atoms with van der Waals surface area (Å²) in [4.78, 5) is 109. The van der Waals surface area contributed by atoms with E-state index >= 15 is 0 Å². The van der Waals surface area contributed by atoms with Crippen molar-refractivity contribution in [3.63, 3.8) is 0 Å². The molecule has 13 unspecified atom stereocenters. The maximum Gasteiger partial charge on any atom is 0.225 e. The van der Waals surface area contributed by atoms with Crippen molar-refractivity contribution in [1.29, 1.82) is 0 Å². The second-order valence-electron chi connectivity index (χ2n) is 42.7. The zero-order valence-corrected chi connectivity index (χ0v) is 105. The van der Waals surface area contributed by atoms with E-state index in [1.165, 1.54) is 6.42 Å². The summed E-state index contributed by atoms with van der Waals surface area (Å²) in [7, 11) is 16.1. The summed E-state index contributed by atoms with van der Waals surface area (Å²) in [6, 6.07) is 1.27. The molecular formula is C113H256N22O14. The number of nitrogens with zero attached hydrogens (tertiary/aromatic N) is 7. The molecular weight excluding hydrogens is 1890 g/mol. The average molecular weight is 2150 g/mol. The molecule has 0 rings (SSSR count). The van der Waals surface area contributed by atoms with Crippen LogP contribution in [0.4, 0.5) is 0 Å². The van der Waals surface area contributed by atoms with Crippen molar-refractivity contribution in [2.24, 2.45) is 102 Å². The topological polar surface area (TPSA) is 563 Å². The second kappa shape index (κ2) is 117. The number of carbonyl (C=O) groups is 8. The van der Waals surface area contributed by atoms with Crippen LogP contribution in [0.2, 0.25) is 0 Å². The molecule has 0 aromatic rings. The van der Waals surface area contributed by atoms with Crippen molar-refractivity contribution in [2.45, 2.75) is 433 Å². The van der Waals surface area contributed by atoms with Gasteiger partial charge < -0.3 is 132 Å². The number of aliphatic imine (C=N–C) groups is 2. The molecule has 0 spiro atoms. The van der Waals surface area contributed by atoms with Gasteiger partial charge in [0.2, 0.25) is 47.3 Å². The Bertz CT molecular complexity index is 2980. The van der Waals surface area contributed by atoms with E-state index < -0.39 is 18.3 Å². The van der Waals surface area contributed by atoms with Crippen molar-refractivity contribution in [1.82, 2.24) is 72.4 Å². The fourth-order valence-electron chi connectivity index (χ4n) is 9.09. The van der Waals surface area contributed by atoms with Crippen LogP contribution in [-0.2, 0) is 38.4 Å². The minimum Gasteiger partial charge on any atom is -0.394 e. The van der Waals surface area contributed by atoms with Gasteiger partial charge in [0.05, 0.1) is 44.2 Å². The maximum absolute atomic E-state index is 11.6. The van der Waals surface area contributed by atoms with Crippen LogP contribution in [0.3, 0.4) is 0 Å². The third-order valence-electron chi connectivity index (χ3n) is 24.9. The number of amides is 8. The summed E-state index contributed by atoms with van der Waals surface area (Å²) in [6.07, 6.45) is 19.8. The first-order chi connectivity index (χ1) is 69.1. The van der Waals surface area contributed by atoms with Crippen LogP contribution >= 0.6 is 0 Å². The first kappa shape index (κ1) is 173. The Kier molecular flexibility index (Phi) is 136. The van der Waals surface area contributed by atoms with E-state index in [-0.39, 0.29) is 136 Å². The molecule has 0 radical (unpaired) electrons. The molecule has 0 fully saturated rings. The zero-order valence-electron chi connectivity index (χ0n) is 105. The molecule has 0 bridgehead atoms. The fourth-order valence-corrected chi connectivity index (χ4v) is 9.09. The quantitative estimate of drug-likeness (QED) is 0.0153. The minimum atomic E-state index is -0.801. The van der Waals surface area contributed by atoms with Crippen LogP contribution in [0, 0.1) is 57.2 Å². The van der Waals surface area contributed by atoms with Gasteiger partial charge in [0.15, 0.2) is 11.9 Å². The number of hydrogen-bond donors (Lipinski definition) is 21. The lowest BCUT2D eigenvalue weighted by Crippen LogP contribution is -2.44. The van der Waals surface area contributed by atoms with E-state index in [0.717, 1.165) is 226 Å². The number of hydrogen-bond acceptors (Lipinski definition) is 24. The van der Waals surface area contributed by atoms with Crippen molar-refractivity contribution in [3.8, 4) is 0 Å². The van der Waals surface area contributed by atoms with Gasteiger partial charge >= 0.3 is 0 Å². The largest absolute Gasteiger partial charge is 0.394 e. The van der Waals surface area contributed by atoms with Crippen molar-refractivity contribution >= 4 is 59.2 Å². The smallest absolute Gasteiger partial charge is 0.225 e. The molecule has 0 saturated carbocycles. The molecule has 902 valence electrons. The molecule has 0 aliphatic rings. The van der Waals surface area contributed by atoms with Gasteiger partial charge in [-0.25, -0.2) is 0 Å². The van der Waals surface area contributed by atoms with E-state index in [9.17, 15) is 48.6 Å². The summed E-state index contributed by atoms with van der Waals surface area (Å²) in [5.41, 5.74) is 30.2. The van der Waals surface area contributed by atoms with Gasteiger partial charge in [0, 0.05) is 155 Å². The summed E-state index contributed by atoms with van der Waals surface area (Å²) < 4.78 is 0. The SMILES string of the molecule is CCC(C)(C)C(=O)NCCCN(C)C.CCC(C)(C)C(=O)NCCN(C)C.CCC(C)C(=O)NCCCN(C)C.CCC(C)C(=O)NCCN(C)C.CCC(C)CN.CCC(C)CN=C(N)N.CCC(C)N.CCC(C)N(CC(O)CO)CC(O)CO.CCC(C)N=C(N)N.CCC(C)NCC(O)CO.CCCCNC(=O)C(C)(C)CC.CCCCNC(=O)C(C)CC.CCCNC(=O)C(C)(C)CC.CCCNC(=O)C(C)CC. The van der Waals surface area contributed by atoms with Crippen LogP contribution in [0.15, 0.2) is 9.98 Å². The Morgan fingerprint density at radius 1 is 0.329 bits per heavy atom. The minimum absolute atomic E-state index is 0.146. The Morgan fingerprint density at radius 2 is 0.604 bits per heavy atom. The van der Waals surface area contributed by atoms with Crippen LogP contribution in [0.1, 0.15) is 391 Å². The molecule has 0 aromatic carbocycles. The number of aliphatic hydroxyl groups is 6. The highest BCUT2D eigenvalue weighted by Crippen LogP contribution is 2.22. The van der Waals surface area contributed by atoms with Crippen LogP contribution in [0.25, 0.3) is 0 Å². The number of likely N-dealkylation sites (N-methyl/N-ethyl adjacent to an activating group) is 2. The molecule has 8 amide bonds. The number of nitrogens with two attached hydrogens (primary N) is 6. The van der Waals surface area contributed by atoms with E-state index in [2.05, 4.69) is 147 Å². The van der Waals surface area contributed by atoms with E-state index in [4.69, 9.17) is 54.8 Å². The Morgan fingerprint density at radius 3 is 0.832 bits per heavy atom. The molecule has 36 nitrogen and oxygen atoms in total. The number of nitrogens with one attached hydrogen (secondary N) is 9. The molecule has 0 aromatic heterocycles. The van der Waals surface area contributed by atoms with Crippen molar-refractivity contribution in [3.05, 3.63) is 0 Å². The first-order valence-electron chi connectivity index (χ1n) is 56.9. The highest BCUT2D eigenvalue weighted by molar-refractivity contribution is 5.84. The van der Waals surface area contributed by atoms with Gasteiger partial charge in [-0.2, -0.15) is 0 Å². The molecule has 0 aliphatic carbocycles. The van der Waals surface area contributed by atoms with Crippen LogP contribution < -0.4 is 82.3 Å². The number of carbonyl (C=O) groups excluding carboxylic acids is 8. The fraction of sp³-hybridized carbons (Fsp3) is 0.912. The van der Waals surface area contributed by atoms with Crippen molar-refractivity contribution < 1.29 is 69.0 Å². The molecule has 13 atom stereocenters. The molecule has 0 heterocycles. The third kappa shape index (κ3) is 134. The summed E-state index contributed by atoms with van der Waals surface area (Å²) in [5, 5.41) is 79.8. The molecule has 36 heteroatoms.